The molecule has 0 spiro atoms. The van der Waals surface area contributed by atoms with Gasteiger partial charge in [0.25, 0.3) is 0 Å². The third kappa shape index (κ3) is 4.93. The van der Waals surface area contributed by atoms with Crippen molar-refractivity contribution in [2.24, 2.45) is 0 Å². The van der Waals surface area contributed by atoms with E-state index in [1.165, 1.54) is 13.8 Å². The summed E-state index contributed by atoms with van der Waals surface area (Å²) in [5.74, 6) is -1.57. The van der Waals surface area contributed by atoms with Gasteiger partial charge in [-0.15, -0.1) is 0 Å². The van der Waals surface area contributed by atoms with E-state index in [2.05, 4.69) is 0 Å². The summed E-state index contributed by atoms with van der Waals surface area (Å²) in [4.78, 5) is 0. The van der Waals surface area contributed by atoms with Crippen LogP contribution in [-0.2, 0) is 18.9 Å². The van der Waals surface area contributed by atoms with Crippen molar-refractivity contribution in [3.8, 4) is 0 Å². The van der Waals surface area contributed by atoms with E-state index < -0.39 is 80.4 Å². The Kier molecular flexibility index (Phi) is 7.52. The van der Waals surface area contributed by atoms with Crippen LogP contribution < -0.4 is 0 Å². The zero-order valence-electron chi connectivity index (χ0n) is 14.9. The van der Waals surface area contributed by atoms with E-state index in [4.69, 9.17) is 29.2 Å². The van der Waals surface area contributed by atoms with Gasteiger partial charge in [-0.1, -0.05) is 0 Å². The summed E-state index contributed by atoms with van der Waals surface area (Å²) in [7, 11) is 0. The highest BCUT2D eigenvalue weighted by Crippen LogP contribution is 2.32. The Morgan fingerprint density at radius 3 is 1.37 bits per heavy atom. The van der Waals surface area contributed by atoms with Crippen LogP contribution in [0.1, 0.15) is 13.8 Å². The van der Waals surface area contributed by atoms with Gasteiger partial charge in [0.1, 0.15) is 48.8 Å². The molecule has 0 radical (unpaired) electrons. The second-order valence-electron chi connectivity index (χ2n) is 7.04. The predicted molar refractivity (Wildman–Crippen MR) is 83.8 cm³/mol. The molecule has 2 fully saturated rings. The summed E-state index contributed by atoms with van der Waals surface area (Å²) in [6, 6.07) is 0. The molecule has 2 heterocycles. The molecule has 2 aliphatic rings. The average molecular weight is 400 g/mol. The highest BCUT2D eigenvalue weighted by Gasteiger charge is 2.51. The SMILES string of the molecule is CC(C)(O[C@H]1O[C@H]([C@H](O)CO)[C@@H](O)[C@H]1O)O[C@H]1O[C@H]([C@H](O)CO)[C@@H](O)[C@H]1O. The second kappa shape index (κ2) is 8.90. The van der Waals surface area contributed by atoms with Crippen LogP contribution in [0.15, 0.2) is 0 Å². The van der Waals surface area contributed by atoms with Gasteiger partial charge in [0, 0.05) is 0 Å². The van der Waals surface area contributed by atoms with Crippen LogP contribution in [0.4, 0.5) is 0 Å². The minimum Gasteiger partial charge on any atom is -0.394 e. The Bertz CT molecular complexity index is 436. The van der Waals surface area contributed by atoms with E-state index in [0.29, 0.717) is 0 Å². The van der Waals surface area contributed by atoms with Crippen molar-refractivity contribution in [1.82, 2.24) is 0 Å². The molecule has 12 heteroatoms. The Hall–Kier alpha value is -0.480. The van der Waals surface area contributed by atoms with Crippen LogP contribution >= 0.6 is 0 Å². The molecule has 2 aliphatic heterocycles. The zero-order chi connectivity index (χ0) is 20.5. The first kappa shape index (κ1) is 22.8. The predicted octanol–water partition coefficient (Wildman–Crippen LogP) is -4.64. The van der Waals surface area contributed by atoms with Crippen molar-refractivity contribution in [2.45, 2.75) is 81.0 Å². The van der Waals surface area contributed by atoms with Crippen LogP contribution in [0.2, 0.25) is 0 Å². The molecule has 160 valence electrons. The summed E-state index contributed by atoms with van der Waals surface area (Å²) in [6.45, 7) is 1.36. The standard InChI is InChI=1S/C15H28O12/c1-15(2,26-13-9(22)7(20)11(24-13)5(18)3-16)27-14-10(23)8(21)12(25-14)6(19)4-17/h5-14,16-23H,3-4H2,1-2H3/t5-,6-,7+,8+,9-,10-,11-,12-,13-,14-/m1/s1. The summed E-state index contributed by atoms with van der Waals surface area (Å²) >= 11 is 0. The van der Waals surface area contributed by atoms with Crippen molar-refractivity contribution in [3.63, 3.8) is 0 Å². The third-order valence-electron chi connectivity index (χ3n) is 4.45. The van der Waals surface area contributed by atoms with Crippen molar-refractivity contribution in [2.75, 3.05) is 13.2 Å². The van der Waals surface area contributed by atoms with Crippen molar-refractivity contribution >= 4 is 0 Å². The van der Waals surface area contributed by atoms with E-state index >= 15 is 0 Å². The van der Waals surface area contributed by atoms with Crippen LogP contribution in [0.3, 0.4) is 0 Å². The third-order valence-corrected chi connectivity index (χ3v) is 4.45. The molecule has 8 N–H and O–H groups in total. The molecule has 0 saturated carbocycles. The van der Waals surface area contributed by atoms with Gasteiger partial charge in [-0.3, -0.25) is 0 Å². The molecule has 27 heavy (non-hydrogen) atoms. The van der Waals surface area contributed by atoms with Crippen molar-refractivity contribution < 1.29 is 59.8 Å². The fourth-order valence-electron chi connectivity index (χ4n) is 2.97. The minimum absolute atomic E-state index is 0.699. The summed E-state index contributed by atoms with van der Waals surface area (Å²) in [6.07, 6.45) is -14.5. The lowest BCUT2D eigenvalue weighted by Gasteiger charge is -2.33. The van der Waals surface area contributed by atoms with Crippen LogP contribution in [0, 0.1) is 0 Å². The lowest BCUT2D eigenvalue weighted by molar-refractivity contribution is -0.351. The smallest absolute Gasteiger partial charge is 0.189 e. The maximum absolute atomic E-state index is 10.0. The van der Waals surface area contributed by atoms with Gasteiger partial charge in [-0.05, 0) is 13.8 Å². The van der Waals surface area contributed by atoms with Crippen LogP contribution in [0.25, 0.3) is 0 Å². The highest BCUT2D eigenvalue weighted by molar-refractivity contribution is 4.93. The number of aliphatic hydroxyl groups is 8. The van der Waals surface area contributed by atoms with Gasteiger partial charge in [-0.25, -0.2) is 0 Å². The molecule has 2 rings (SSSR count). The van der Waals surface area contributed by atoms with Gasteiger partial charge >= 0.3 is 0 Å². The van der Waals surface area contributed by atoms with Gasteiger partial charge < -0.3 is 59.8 Å². The maximum Gasteiger partial charge on any atom is 0.189 e. The molecular formula is C15H28O12. The zero-order valence-corrected chi connectivity index (χ0v) is 14.9. The molecule has 0 aromatic carbocycles. The molecule has 0 aromatic rings. The topological polar surface area (TPSA) is 199 Å². The van der Waals surface area contributed by atoms with Crippen molar-refractivity contribution in [1.29, 1.82) is 0 Å². The molecule has 2 saturated heterocycles. The molecular weight excluding hydrogens is 372 g/mol. The lowest BCUT2D eigenvalue weighted by atomic mass is 10.1. The van der Waals surface area contributed by atoms with E-state index in [-0.39, 0.29) is 0 Å². The Morgan fingerprint density at radius 2 is 1.07 bits per heavy atom. The first-order valence-electron chi connectivity index (χ1n) is 8.49. The summed E-state index contributed by atoms with van der Waals surface area (Å²) in [5.41, 5.74) is 0. The molecule has 12 nitrogen and oxygen atoms in total. The fourth-order valence-corrected chi connectivity index (χ4v) is 2.97. The van der Waals surface area contributed by atoms with E-state index in [0.717, 1.165) is 0 Å². The molecule has 0 unspecified atom stereocenters. The lowest BCUT2D eigenvalue weighted by Crippen LogP contribution is -2.44. The number of rotatable bonds is 8. The van der Waals surface area contributed by atoms with Crippen LogP contribution in [-0.4, -0.2) is 121 Å². The van der Waals surface area contributed by atoms with Gasteiger partial charge in [0.15, 0.2) is 18.4 Å². The van der Waals surface area contributed by atoms with E-state index in [1.807, 2.05) is 0 Å². The first-order valence-corrected chi connectivity index (χ1v) is 8.49. The first-order chi connectivity index (χ1) is 12.5. The van der Waals surface area contributed by atoms with E-state index in [1.54, 1.807) is 0 Å². The maximum atomic E-state index is 10.0. The quantitative estimate of drug-likeness (QED) is 0.182. The van der Waals surface area contributed by atoms with E-state index in [9.17, 15) is 30.6 Å². The van der Waals surface area contributed by atoms with Crippen LogP contribution in [0.5, 0.6) is 0 Å². The summed E-state index contributed by atoms with van der Waals surface area (Å²) < 4.78 is 21.3. The minimum atomic E-state index is -1.57. The Morgan fingerprint density at radius 1 is 0.741 bits per heavy atom. The van der Waals surface area contributed by atoms with Gasteiger partial charge in [0.05, 0.1) is 13.2 Å². The molecule has 0 amide bonds. The van der Waals surface area contributed by atoms with Gasteiger partial charge in [0.2, 0.25) is 0 Å². The Labute approximate surface area is 155 Å². The normalized spacial score (nSPS) is 42.4. The monoisotopic (exact) mass is 400 g/mol. The summed E-state index contributed by atoms with van der Waals surface area (Å²) in [5, 5.41) is 76.9. The molecule has 10 atom stereocenters. The highest BCUT2D eigenvalue weighted by atomic mass is 16.8. The number of aliphatic hydroxyl groups excluding tert-OH is 8. The molecule has 0 aromatic heterocycles. The molecule has 0 aliphatic carbocycles. The number of hydrogen-bond donors (Lipinski definition) is 8. The van der Waals surface area contributed by atoms with Gasteiger partial charge in [-0.2, -0.15) is 0 Å². The number of hydrogen-bond acceptors (Lipinski definition) is 12. The Balaban J connectivity index is 1.99. The largest absolute Gasteiger partial charge is 0.394 e. The molecule has 0 bridgehead atoms. The van der Waals surface area contributed by atoms with Crippen molar-refractivity contribution in [3.05, 3.63) is 0 Å². The average Bonchev–Trinajstić information content (AvgIpc) is 3.05. The number of ether oxygens (including phenoxy) is 4. The fraction of sp³-hybridized carbons (Fsp3) is 1.00. The second-order valence-corrected chi connectivity index (χ2v) is 7.04.